The fourth-order valence-electron chi connectivity index (χ4n) is 2.82. The number of hydrogen-bond acceptors (Lipinski definition) is 3. The standard InChI is InChI=1S/C19H19NO3/c1-13(21)14-7-9-15(10-8-14)20-18(22)19(11-12-19)16-5-3-4-6-17(16)23-2/h3-10H,11-12H2,1-2H3,(H,20,22). The first-order chi connectivity index (χ1) is 11.1. The Kier molecular flexibility index (Phi) is 3.90. The van der Waals surface area contributed by atoms with Crippen LogP contribution in [0.5, 0.6) is 5.75 Å². The number of ether oxygens (including phenoxy) is 1. The van der Waals surface area contributed by atoms with Gasteiger partial charge in [-0.3, -0.25) is 9.59 Å². The van der Waals surface area contributed by atoms with Crippen molar-refractivity contribution in [2.45, 2.75) is 25.2 Å². The molecule has 2 aromatic carbocycles. The highest BCUT2D eigenvalue weighted by Gasteiger charge is 2.52. The van der Waals surface area contributed by atoms with E-state index < -0.39 is 5.41 Å². The molecule has 0 bridgehead atoms. The van der Waals surface area contributed by atoms with Gasteiger partial charge >= 0.3 is 0 Å². The van der Waals surface area contributed by atoms with Crippen molar-refractivity contribution >= 4 is 17.4 Å². The molecule has 0 atom stereocenters. The summed E-state index contributed by atoms with van der Waals surface area (Å²) in [5, 5.41) is 2.95. The van der Waals surface area contributed by atoms with Crippen molar-refractivity contribution in [3.05, 3.63) is 59.7 Å². The lowest BCUT2D eigenvalue weighted by Gasteiger charge is -2.18. The molecular formula is C19H19NO3. The maximum atomic E-state index is 12.8. The van der Waals surface area contributed by atoms with Gasteiger partial charge in [0.2, 0.25) is 5.91 Å². The van der Waals surface area contributed by atoms with E-state index in [9.17, 15) is 9.59 Å². The van der Waals surface area contributed by atoms with Gasteiger partial charge in [0.25, 0.3) is 0 Å². The minimum absolute atomic E-state index is 0.00978. The fourth-order valence-corrected chi connectivity index (χ4v) is 2.82. The largest absolute Gasteiger partial charge is 0.496 e. The average molecular weight is 309 g/mol. The number of rotatable bonds is 5. The van der Waals surface area contributed by atoms with E-state index in [1.54, 1.807) is 31.4 Å². The molecule has 0 saturated heterocycles. The predicted molar refractivity (Wildman–Crippen MR) is 89.0 cm³/mol. The number of methoxy groups -OCH3 is 1. The number of anilines is 1. The Morgan fingerprint density at radius 3 is 2.26 bits per heavy atom. The summed E-state index contributed by atoms with van der Waals surface area (Å²) >= 11 is 0. The highest BCUT2D eigenvalue weighted by Crippen LogP contribution is 2.51. The van der Waals surface area contributed by atoms with E-state index in [-0.39, 0.29) is 11.7 Å². The summed E-state index contributed by atoms with van der Waals surface area (Å²) in [4.78, 5) is 24.1. The first-order valence-electron chi connectivity index (χ1n) is 7.63. The zero-order valence-corrected chi connectivity index (χ0v) is 13.3. The second kappa shape index (κ2) is 5.88. The van der Waals surface area contributed by atoms with Crippen LogP contribution in [0.4, 0.5) is 5.69 Å². The number of Topliss-reactive ketones (excluding diaryl/α,β-unsaturated/α-hetero) is 1. The summed E-state index contributed by atoms with van der Waals surface area (Å²) in [6.07, 6.45) is 1.62. The molecule has 0 aliphatic heterocycles. The smallest absolute Gasteiger partial charge is 0.235 e. The number of ketones is 1. The van der Waals surface area contributed by atoms with Crippen LogP contribution in [0.2, 0.25) is 0 Å². The maximum Gasteiger partial charge on any atom is 0.235 e. The van der Waals surface area contributed by atoms with E-state index in [1.165, 1.54) is 6.92 Å². The molecule has 4 heteroatoms. The lowest BCUT2D eigenvalue weighted by molar-refractivity contribution is -0.118. The molecule has 0 heterocycles. The van der Waals surface area contributed by atoms with E-state index in [1.807, 2.05) is 24.3 Å². The summed E-state index contributed by atoms with van der Waals surface area (Å²) < 4.78 is 5.40. The zero-order valence-electron chi connectivity index (χ0n) is 13.3. The van der Waals surface area contributed by atoms with Crippen LogP contribution in [0, 0.1) is 0 Å². The molecule has 0 aromatic heterocycles. The summed E-state index contributed by atoms with van der Waals surface area (Å²) in [6, 6.07) is 14.6. The van der Waals surface area contributed by atoms with Crippen LogP contribution in [-0.4, -0.2) is 18.8 Å². The van der Waals surface area contributed by atoms with Gasteiger partial charge < -0.3 is 10.1 Å². The molecule has 1 aliphatic rings. The van der Waals surface area contributed by atoms with Crippen LogP contribution < -0.4 is 10.1 Å². The van der Waals surface area contributed by atoms with Gasteiger partial charge in [-0.15, -0.1) is 0 Å². The molecule has 0 spiro atoms. The van der Waals surface area contributed by atoms with E-state index in [2.05, 4.69) is 5.32 Å². The molecule has 118 valence electrons. The number of benzene rings is 2. The molecule has 23 heavy (non-hydrogen) atoms. The van der Waals surface area contributed by atoms with Gasteiger partial charge in [0.05, 0.1) is 12.5 Å². The van der Waals surface area contributed by atoms with Crippen molar-refractivity contribution in [3.8, 4) is 5.75 Å². The lowest BCUT2D eigenvalue weighted by atomic mass is 9.94. The van der Waals surface area contributed by atoms with E-state index in [4.69, 9.17) is 4.74 Å². The van der Waals surface area contributed by atoms with Crippen LogP contribution >= 0.6 is 0 Å². The number of carbonyl (C=O) groups excluding carboxylic acids is 2. The van der Waals surface area contributed by atoms with Gasteiger partial charge in [-0.2, -0.15) is 0 Å². The Hall–Kier alpha value is -2.62. The van der Waals surface area contributed by atoms with Crippen LogP contribution in [0.1, 0.15) is 35.7 Å². The molecule has 1 aliphatic carbocycles. The number of para-hydroxylation sites is 1. The lowest BCUT2D eigenvalue weighted by Crippen LogP contribution is -2.28. The summed E-state index contributed by atoms with van der Waals surface area (Å²) in [7, 11) is 1.62. The van der Waals surface area contributed by atoms with Crippen LogP contribution in [0.15, 0.2) is 48.5 Å². The topological polar surface area (TPSA) is 55.4 Å². The summed E-state index contributed by atoms with van der Waals surface area (Å²) in [5.41, 5.74) is 1.75. The third-order valence-corrected chi connectivity index (χ3v) is 4.36. The van der Waals surface area contributed by atoms with E-state index in [0.717, 1.165) is 24.2 Å². The Morgan fingerprint density at radius 1 is 1.04 bits per heavy atom. The number of carbonyl (C=O) groups is 2. The average Bonchev–Trinajstić information content (AvgIpc) is 3.37. The molecule has 0 radical (unpaired) electrons. The quantitative estimate of drug-likeness (QED) is 0.859. The molecule has 0 unspecified atom stereocenters. The third kappa shape index (κ3) is 2.84. The van der Waals surface area contributed by atoms with Crippen molar-refractivity contribution in [2.75, 3.05) is 12.4 Å². The Bertz CT molecular complexity index is 745. The highest BCUT2D eigenvalue weighted by atomic mass is 16.5. The first kappa shape index (κ1) is 15.3. The van der Waals surface area contributed by atoms with Crippen LogP contribution in [0.25, 0.3) is 0 Å². The van der Waals surface area contributed by atoms with Gasteiger partial charge in [0.1, 0.15) is 5.75 Å². The zero-order chi connectivity index (χ0) is 16.4. The highest BCUT2D eigenvalue weighted by molar-refractivity contribution is 6.02. The van der Waals surface area contributed by atoms with Crippen molar-refractivity contribution in [1.29, 1.82) is 0 Å². The van der Waals surface area contributed by atoms with Gasteiger partial charge in [-0.1, -0.05) is 18.2 Å². The molecule has 4 nitrogen and oxygen atoms in total. The number of hydrogen-bond donors (Lipinski definition) is 1. The summed E-state index contributed by atoms with van der Waals surface area (Å²) in [5.74, 6) is 0.722. The van der Waals surface area contributed by atoms with Gasteiger partial charge in [0.15, 0.2) is 5.78 Å². The normalized spacial score (nSPS) is 14.9. The molecule has 1 saturated carbocycles. The summed E-state index contributed by atoms with van der Waals surface area (Å²) in [6.45, 7) is 1.52. The van der Waals surface area contributed by atoms with Crippen molar-refractivity contribution in [3.63, 3.8) is 0 Å². The minimum Gasteiger partial charge on any atom is -0.496 e. The minimum atomic E-state index is -0.508. The molecule has 3 rings (SSSR count). The second-order valence-electron chi connectivity index (χ2n) is 5.87. The maximum absolute atomic E-state index is 12.8. The molecular weight excluding hydrogens is 290 g/mol. The number of amides is 1. The van der Waals surface area contributed by atoms with Gasteiger partial charge in [-0.25, -0.2) is 0 Å². The Morgan fingerprint density at radius 2 is 1.70 bits per heavy atom. The Balaban J connectivity index is 1.81. The Labute approximate surface area is 135 Å². The van der Waals surface area contributed by atoms with Gasteiger partial charge in [-0.05, 0) is 50.1 Å². The van der Waals surface area contributed by atoms with E-state index in [0.29, 0.717) is 11.3 Å². The van der Waals surface area contributed by atoms with Crippen molar-refractivity contribution in [2.24, 2.45) is 0 Å². The first-order valence-corrected chi connectivity index (χ1v) is 7.63. The van der Waals surface area contributed by atoms with Crippen molar-refractivity contribution < 1.29 is 14.3 Å². The van der Waals surface area contributed by atoms with Gasteiger partial charge in [0, 0.05) is 16.8 Å². The second-order valence-corrected chi connectivity index (χ2v) is 5.87. The van der Waals surface area contributed by atoms with Crippen molar-refractivity contribution in [1.82, 2.24) is 0 Å². The SMILES string of the molecule is COc1ccccc1C1(C(=O)Nc2ccc(C(C)=O)cc2)CC1. The third-order valence-electron chi connectivity index (χ3n) is 4.36. The fraction of sp³-hybridized carbons (Fsp3) is 0.263. The van der Waals surface area contributed by atoms with Crippen LogP contribution in [-0.2, 0) is 10.2 Å². The number of nitrogens with one attached hydrogen (secondary N) is 1. The molecule has 2 aromatic rings. The monoisotopic (exact) mass is 309 g/mol. The molecule has 1 fully saturated rings. The molecule has 1 amide bonds. The van der Waals surface area contributed by atoms with Crippen LogP contribution in [0.3, 0.4) is 0 Å². The van der Waals surface area contributed by atoms with E-state index >= 15 is 0 Å². The predicted octanol–water partition coefficient (Wildman–Crippen LogP) is 3.57. The molecule has 1 N–H and O–H groups in total.